The standard InChI is InChI=1S/C26H22N2O5S/c29-24(28-15-34-14-23(28)25(30)31)16-6-5-7-17(12-16)27-26(32)33-13-22-20-10-3-1-8-18(20)19-9-2-4-11-21(19)22/h1-12,22-23H,13-15H2,(H,27,32)(H,30,31)/t23-/m0/s1. The number of carbonyl (C=O) groups excluding carboxylic acids is 2. The van der Waals surface area contributed by atoms with Crippen molar-refractivity contribution in [1.29, 1.82) is 0 Å². The molecule has 1 heterocycles. The van der Waals surface area contributed by atoms with Crippen LogP contribution < -0.4 is 5.32 Å². The van der Waals surface area contributed by atoms with Crippen molar-refractivity contribution >= 4 is 35.4 Å². The average molecular weight is 475 g/mol. The van der Waals surface area contributed by atoms with E-state index >= 15 is 0 Å². The number of anilines is 1. The zero-order valence-electron chi connectivity index (χ0n) is 18.1. The number of nitrogens with zero attached hydrogens (tertiary/aromatic N) is 1. The maximum atomic E-state index is 12.8. The number of amides is 2. The first-order valence-electron chi connectivity index (χ1n) is 10.9. The topological polar surface area (TPSA) is 95.9 Å². The molecule has 34 heavy (non-hydrogen) atoms. The Bertz CT molecular complexity index is 1230. The van der Waals surface area contributed by atoms with Crippen molar-refractivity contribution in [3.05, 3.63) is 89.5 Å². The monoisotopic (exact) mass is 474 g/mol. The highest BCUT2D eigenvalue weighted by Crippen LogP contribution is 2.44. The van der Waals surface area contributed by atoms with E-state index in [1.165, 1.54) is 22.7 Å². The van der Waals surface area contributed by atoms with Gasteiger partial charge in [-0.05, 0) is 40.5 Å². The van der Waals surface area contributed by atoms with Crippen LogP contribution in [0.4, 0.5) is 10.5 Å². The molecule has 1 aliphatic heterocycles. The van der Waals surface area contributed by atoms with Crippen LogP contribution in [-0.4, -0.2) is 52.3 Å². The van der Waals surface area contributed by atoms with Crippen molar-refractivity contribution in [3.8, 4) is 11.1 Å². The van der Waals surface area contributed by atoms with Crippen LogP contribution in [0.25, 0.3) is 11.1 Å². The third-order valence-corrected chi connectivity index (χ3v) is 7.14. The normalized spacial score (nSPS) is 16.6. The second-order valence-electron chi connectivity index (χ2n) is 8.16. The summed E-state index contributed by atoms with van der Waals surface area (Å²) in [6.45, 7) is 0.184. The maximum Gasteiger partial charge on any atom is 0.411 e. The molecule has 7 nitrogen and oxygen atoms in total. The fraction of sp³-hybridized carbons (Fsp3) is 0.192. The summed E-state index contributed by atoms with van der Waals surface area (Å²) < 4.78 is 5.57. The SMILES string of the molecule is O=C(Nc1cccc(C(=O)N2CSC[C@H]2C(=O)O)c1)OCC1c2ccccc2-c2ccccc21. The molecule has 0 spiro atoms. The lowest BCUT2D eigenvalue weighted by molar-refractivity contribution is -0.140. The van der Waals surface area contributed by atoms with Crippen molar-refractivity contribution in [3.63, 3.8) is 0 Å². The van der Waals surface area contributed by atoms with Crippen LogP contribution in [-0.2, 0) is 9.53 Å². The van der Waals surface area contributed by atoms with E-state index in [4.69, 9.17) is 4.74 Å². The molecule has 0 saturated carbocycles. The number of aliphatic carboxylic acids is 1. The van der Waals surface area contributed by atoms with Crippen LogP contribution in [0.3, 0.4) is 0 Å². The summed E-state index contributed by atoms with van der Waals surface area (Å²) >= 11 is 1.40. The first-order valence-corrected chi connectivity index (χ1v) is 12.0. The molecule has 3 aromatic carbocycles. The average Bonchev–Trinajstić information content (AvgIpc) is 3.46. The Hall–Kier alpha value is -3.78. The number of carboxylic acids is 1. The van der Waals surface area contributed by atoms with Gasteiger partial charge in [0.15, 0.2) is 0 Å². The van der Waals surface area contributed by atoms with E-state index in [9.17, 15) is 19.5 Å². The second kappa shape index (κ2) is 9.23. The van der Waals surface area contributed by atoms with E-state index in [0.717, 1.165) is 22.3 Å². The molecule has 0 radical (unpaired) electrons. The van der Waals surface area contributed by atoms with Gasteiger partial charge >= 0.3 is 12.1 Å². The minimum absolute atomic E-state index is 0.0494. The first-order chi connectivity index (χ1) is 16.5. The van der Waals surface area contributed by atoms with Gasteiger partial charge in [0.2, 0.25) is 0 Å². The molecule has 5 rings (SSSR count). The van der Waals surface area contributed by atoms with E-state index in [2.05, 4.69) is 29.6 Å². The molecule has 1 atom stereocenters. The highest BCUT2D eigenvalue weighted by atomic mass is 32.2. The molecule has 0 bridgehead atoms. The summed E-state index contributed by atoms with van der Waals surface area (Å²) in [5.74, 6) is -0.773. The van der Waals surface area contributed by atoms with E-state index < -0.39 is 18.1 Å². The van der Waals surface area contributed by atoms with Crippen LogP contribution in [0.5, 0.6) is 0 Å². The van der Waals surface area contributed by atoms with Gasteiger partial charge in [0.25, 0.3) is 5.91 Å². The number of carbonyl (C=O) groups is 3. The van der Waals surface area contributed by atoms with Crippen molar-refractivity contribution in [2.24, 2.45) is 0 Å². The van der Waals surface area contributed by atoms with Crippen LogP contribution in [0, 0.1) is 0 Å². The van der Waals surface area contributed by atoms with Crippen molar-refractivity contribution in [2.45, 2.75) is 12.0 Å². The lowest BCUT2D eigenvalue weighted by Gasteiger charge is -2.20. The molecule has 0 unspecified atom stereocenters. The number of fused-ring (bicyclic) bond motifs is 3. The minimum atomic E-state index is -1.02. The van der Waals surface area contributed by atoms with Crippen molar-refractivity contribution in [2.75, 3.05) is 23.6 Å². The van der Waals surface area contributed by atoms with Gasteiger partial charge in [-0.2, -0.15) is 0 Å². The molecule has 8 heteroatoms. The van der Waals surface area contributed by atoms with Crippen LogP contribution >= 0.6 is 11.8 Å². The van der Waals surface area contributed by atoms with Crippen LogP contribution in [0.1, 0.15) is 27.4 Å². The molecule has 1 aliphatic carbocycles. The number of hydrogen-bond acceptors (Lipinski definition) is 5. The quantitative estimate of drug-likeness (QED) is 0.559. The van der Waals surface area contributed by atoms with E-state index in [1.807, 2.05) is 24.3 Å². The largest absolute Gasteiger partial charge is 0.480 e. The molecule has 1 saturated heterocycles. The Morgan fingerprint density at radius 1 is 0.971 bits per heavy atom. The van der Waals surface area contributed by atoms with Gasteiger partial charge in [0.1, 0.15) is 12.6 Å². The zero-order valence-corrected chi connectivity index (χ0v) is 19.0. The Morgan fingerprint density at radius 2 is 1.65 bits per heavy atom. The molecule has 2 amide bonds. The van der Waals surface area contributed by atoms with Gasteiger partial charge < -0.3 is 14.7 Å². The van der Waals surface area contributed by atoms with E-state index in [1.54, 1.807) is 18.2 Å². The number of rotatable bonds is 5. The van der Waals surface area contributed by atoms with Crippen molar-refractivity contribution < 1.29 is 24.2 Å². The van der Waals surface area contributed by atoms with Gasteiger partial charge in [0, 0.05) is 22.9 Å². The summed E-state index contributed by atoms with van der Waals surface area (Å²) in [5, 5.41) is 12.0. The molecule has 0 aromatic heterocycles. The molecular formula is C26H22N2O5S. The van der Waals surface area contributed by atoms with E-state index in [-0.39, 0.29) is 18.4 Å². The Morgan fingerprint density at radius 3 is 2.32 bits per heavy atom. The summed E-state index contributed by atoms with van der Waals surface area (Å²) in [4.78, 5) is 38.1. The fourth-order valence-corrected chi connectivity index (χ4v) is 5.64. The lowest BCUT2D eigenvalue weighted by Crippen LogP contribution is -2.41. The third-order valence-electron chi connectivity index (χ3n) is 6.13. The maximum absolute atomic E-state index is 12.8. The lowest BCUT2D eigenvalue weighted by atomic mass is 9.98. The highest BCUT2D eigenvalue weighted by Gasteiger charge is 2.35. The Kier molecular flexibility index (Phi) is 5.98. The van der Waals surface area contributed by atoms with Gasteiger partial charge in [-0.3, -0.25) is 10.1 Å². The summed E-state index contributed by atoms with van der Waals surface area (Å²) in [7, 11) is 0. The van der Waals surface area contributed by atoms with Gasteiger partial charge in [-0.25, -0.2) is 9.59 Å². The predicted octanol–water partition coefficient (Wildman–Crippen LogP) is 4.65. The first kappa shape index (κ1) is 22.0. The van der Waals surface area contributed by atoms with Crippen molar-refractivity contribution in [1.82, 2.24) is 4.90 Å². The number of carboxylic acid groups (broad SMARTS) is 1. The fourth-order valence-electron chi connectivity index (χ4n) is 4.50. The number of hydrogen-bond donors (Lipinski definition) is 2. The van der Waals surface area contributed by atoms with Gasteiger partial charge in [-0.15, -0.1) is 11.8 Å². The molecule has 172 valence electrons. The molecule has 1 fully saturated rings. The highest BCUT2D eigenvalue weighted by molar-refractivity contribution is 7.99. The summed E-state index contributed by atoms with van der Waals surface area (Å²) in [6, 6.07) is 21.8. The minimum Gasteiger partial charge on any atom is -0.480 e. The van der Waals surface area contributed by atoms with Crippen LogP contribution in [0.15, 0.2) is 72.8 Å². The molecule has 3 aromatic rings. The summed E-state index contributed by atoms with van der Waals surface area (Å²) in [6.07, 6.45) is -0.619. The number of ether oxygens (including phenoxy) is 1. The Labute approximate surface area is 200 Å². The van der Waals surface area contributed by atoms with Gasteiger partial charge in [-0.1, -0.05) is 54.6 Å². The molecule has 2 N–H and O–H groups in total. The van der Waals surface area contributed by atoms with E-state index in [0.29, 0.717) is 22.9 Å². The number of nitrogens with one attached hydrogen (secondary N) is 1. The predicted molar refractivity (Wildman–Crippen MR) is 130 cm³/mol. The van der Waals surface area contributed by atoms with Gasteiger partial charge in [0.05, 0.1) is 5.88 Å². The zero-order chi connectivity index (χ0) is 23.7. The number of benzene rings is 3. The third kappa shape index (κ3) is 4.12. The smallest absolute Gasteiger partial charge is 0.411 e. The van der Waals surface area contributed by atoms with Crippen LogP contribution in [0.2, 0.25) is 0 Å². The second-order valence-corrected chi connectivity index (χ2v) is 9.16. The Balaban J connectivity index is 1.26. The summed E-state index contributed by atoms with van der Waals surface area (Å²) in [5.41, 5.74) is 5.27. The molecular weight excluding hydrogens is 452 g/mol. The number of thioether (sulfide) groups is 1. The molecule has 2 aliphatic rings.